The summed E-state index contributed by atoms with van der Waals surface area (Å²) < 4.78 is 3.33. The van der Waals surface area contributed by atoms with Crippen LogP contribution in [-0.4, -0.2) is 19.3 Å². The maximum Gasteiger partial charge on any atom is 0.293 e. The summed E-state index contributed by atoms with van der Waals surface area (Å²) in [5, 5.41) is 8.50. The molecule has 0 bridgehead atoms. The van der Waals surface area contributed by atoms with Crippen LogP contribution in [-0.2, 0) is 14.1 Å². The van der Waals surface area contributed by atoms with Gasteiger partial charge in [0.1, 0.15) is 0 Å². The quantitative estimate of drug-likeness (QED) is 0.769. The molecule has 0 atom stereocenters. The molecule has 0 unspecified atom stereocenters. The molecule has 20 heavy (non-hydrogen) atoms. The maximum atomic E-state index is 11.9. The molecule has 0 saturated carbocycles. The van der Waals surface area contributed by atoms with Gasteiger partial charge in [-0.2, -0.15) is 5.10 Å². The van der Waals surface area contributed by atoms with Gasteiger partial charge in [0.05, 0.1) is 11.2 Å². The van der Waals surface area contributed by atoms with Crippen LogP contribution >= 0.6 is 0 Å². The molecule has 3 rings (SSSR count). The number of nitrogens with zero attached hydrogens (tertiary/aromatic N) is 4. The molecule has 0 aliphatic carbocycles. The lowest BCUT2D eigenvalue weighted by atomic mass is 10.2. The number of nitrogens with one attached hydrogen (secondary N) is 1. The van der Waals surface area contributed by atoms with E-state index >= 15 is 0 Å². The van der Waals surface area contributed by atoms with E-state index in [0.29, 0.717) is 5.82 Å². The minimum absolute atomic E-state index is 0.157. The van der Waals surface area contributed by atoms with Crippen LogP contribution < -0.4 is 10.9 Å². The third-order valence-corrected chi connectivity index (χ3v) is 3.31. The predicted octanol–water partition coefficient (Wildman–Crippen LogP) is 1.72. The summed E-state index contributed by atoms with van der Waals surface area (Å²) in [5.41, 5.74) is 2.68. The fraction of sp³-hybridized carbons (Fsp3) is 0.214. The van der Waals surface area contributed by atoms with Crippen molar-refractivity contribution in [2.24, 2.45) is 14.1 Å². The van der Waals surface area contributed by atoms with E-state index in [1.165, 1.54) is 4.57 Å². The summed E-state index contributed by atoms with van der Waals surface area (Å²) in [7, 11) is 3.61. The first kappa shape index (κ1) is 12.4. The molecule has 2 aromatic heterocycles. The average molecular weight is 269 g/mol. The Morgan fingerprint density at radius 1 is 1.25 bits per heavy atom. The first-order valence-corrected chi connectivity index (χ1v) is 6.28. The van der Waals surface area contributed by atoms with Crippen molar-refractivity contribution >= 4 is 22.4 Å². The van der Waals surface area contributed by atoms with Gasteiger partial charge in [-0.05, 0) is 25.1 Å². The Labute approximate surface area is 115 Å². The topological polar surface area (TPSA) is 64.7 Å². The standard InChI is InChI=1S/C14H15N5O/c1-9-11-8-10(4-5-12(11)19(3)17-9)16-13-14(20)18(2)7-6-15-13/h4-8H,1-3H3,(H,15,16). The van der Waals surface area contributed by atoms with Crippen molar-refractivity contribution in [1.29, 1.82) is 0 Å². The number of aryl methyl sites for hydroxylation is 3. The highest BCUT2D eigenvalue weighted by Crippen LogP contribution is 2.22. The largest absolute Gasteiger partial charge is 0.336 e. The number of hydrogen-bond donors (Lipinski definition) is 1. The third kappa shape index (κ3) is 1.95. The lowest BCUT2D eigenvalue weighted by molar-refractivity contribution is 0.783. The van der Waals surface area contributed by atoms with Gasteiger partial charge >= 0.3 is 0 Å². The van der Waals surface area contributed by atoms with Gasteiger partial charge in [-0.3, -0.25) is 9.48 Å². The van der Waals surface area contributed by atoms with Gasteiger partial charge in [0, 0.05) is 37.6 Å². The molecule has 0 saturated heterocycles. The zero-order valence-corrected chi connectivity index (χ0v) is 11.6. The molecule has 6 heteroatoms. The van der Waals surface area contributed by atoms with E-state index in [2.05, 4.69) is 15.4 Å². The summed E-state index contributed by atoms with van der Waals surface area (Å²) in [4.78, 5) is 16.0. The molecule has 0 radical (unpaired) electrons. The maximum absolute atomic E-state index is 11.9. The van der Waals surface area contributed by atoms with Crippen LogP contribution in [0.3, 0.4) is 0 Å². The van der Waals surface area contributed by atoms with Crippen LogP contribution in [0.4, 0.5) is 11.5 Å². The minimum atomic E-state index is -0.157. The fourth-order valence-corrected chi connectivity index (χ4v) is 2.24. The van der Waals surface area contributed by atoms with E-state index in [9.17, 15) is 4.79 Å². The molecule has 0 fully saturated rings. The summed E-state index contributed by atoms with van der Waals surface area (Å²) in [5.74, 6) is 0.316. The Kier molecular flexibility index (Phi) is 2.78. The van der Waals surface area contributed by atoms with Crippen molar-refractivity contribution in [2.75, 3.05) is 5.32 Å². The molecule has 1 N–H and O–H groups in total. The van der Waals surface area contributed by atoms with Crippen molar-refractivity contribution in [2.45, 2.75) is 6.92 Å². The molecule has 2 heterocycles. The zero-order valence-electron chi connectivity index (χ0n) is 11.6. The van der Waals surface area contributed by atoms with Crippen LogP contribution in [0.25, 0.3) is 10.9 Å². The molecule has 0 spiro atoms. The van der Waals surface area contributed by atoms with E-state index in [4.69, 9.17) is 0 Å². The Bertz CT molecular complexity index is 846. The highest BCUT2D eigenvalue weighted by Gasteiger charge is 2.07. The first-order valence-electron chi connectivity index (χ1n) is 6.28. The second-order valence-corrected chi connectivity index (χ2v) is 4.76. The van der Waals surface area contributed by atoms with Crippen LogP contribution in [0.2, 0.25) is 0 Å². The highest BCUT2D eigenvalue weighted by molar-refractivity contribution is 5.85. The van der Waals surface area contributed by atoms with E-state index in [0.717, 1.165) is 22.3 Å². The van der Waals surface area contributed by atoms with Crippen LogP contribution in [0.1, 0.15) is 5.69 Å². The lowest BCUT2D eigenvalue weighted by Crippen LogP contribution is -2.20. The molecule has 0 amide bonds. The van der Waals surface area contributed by atoms with E-state index in [-0.39, 0.29) is 5.56 Å². The van der Waals surface area contributed by atoms with Gasteiger partial charge < -0.3 is 9.88 Å². The molecule has 3 aromatic rings. The number of benzene rings is 1. The number of anilines is 2. The second kappa shape index (κ2) is 4.48. The van der Waals surface area contributed by atoms with Gasteiger partial charge in [-0.25, -0.2) is 4.98 Å². The number of fused-ring (bicyclic) bond motifs is 1. The van der Waals surface area contributed by atoms with Crippen molar-refractivity contribution < 1.29 is 0 Å². The summed E-state index contributed by atoms with van der Waals surface area (Å²) in [6.45, 7) is 1.96. The number of aromatic nitrogens is 4. The summed E-state index contributed by atoms with van der Waals surface area (Å²) in [6.07, 6.45) is 3.22. The Morgan fingerprint density at radius 2 is 2.05 bits per heavy atom. The first-order chi connectivity index (χ1) is 9.56. The van der Waals surface area contributed by atoms with Crippen LogP contribution in [0.15, 0.2) is 35.4 Å². The Balaban J connectivity index is 2.05. The van der Waals surface area contributed by atoms with Gasteiger partial charge in [-0.15, -0.1) is 0 Å². The molecule has 6 nitrogen and oxygen atoms in total. The second-order valence-electron chi connectivity index (χ2n) is 4.76. The zero-order chi connectivity index (χ0) is 14.3. The highest BCUT2D eigenvalue weighted by atomic mass is 16.1. The summed E-state index contributed by atoms with van der Waals surface area (Å²) in [6, 6.07) is 5.87. The number of hydrogen-bond acceptors (Lipinski definition) is 4. The predicted molar refractivity (Wildman–Crippen MR) is 78.2 cm³/mol. The molecule has 0 aliphatic heterocycles. The third-order valence-electron chi connectivity index (χ3n) is 3.31. The van der Waals surface area contributed by atoms with Crippen molar-refractivity contribution in [1.82, 2.24) is 19.3 Å². The van der Waals surface area contributed by atoms with Crippen molar-refractivity contribution in [3.8, 4) is 0 Å². The van der Waals surface area contributed by atoms with Crippen molar-refractivity contribution in [3.05, 3.63) is 46.6 Å². The summed E-state index contributed by atoms with van der Waals surface area (Å²) >= 11 is 0. The normalized spacial score (nSPS) is 10.9. The molecule has 102 valence electrons. The average Bonchev–Trinajstić information content (AvgIpc) is 2.70. The monoisotopic (exact) mass is 269 g/mol. The molecular weight excluding hydrogens is 254 g/mol. The van der Waals surface area contributed by atoms with E-state index < -0.39 is 0 Å². The van der Waals surface area contributed by atoms with Gasteiger partial charge in [-0.1, -0.05) is 0 Å². The lowest BCUT2D eigenvalue weighted by Gasteiger charge is -2.06. The van der Waals surface area contributed by atoms with E-state index in [1.807, 2.05) is 36.9 Å². The van der Waals surface area contributed by atoms with Crippen LogP contribution in [0, 0.1) is 6.92 Å². The molecule has 1 aromatic carbocycles. The fourth-order valence-electron chi connectivity index (χ4n) is 2.24. The van der Waals surface area contributed by atoms with Crippen molar-refractivity contribution in [3.63, 3.8) is 0 Å². The van der Waals surface area contributed by atoms with Crippen LogP contribution in [0.5, 0.6) is 0 Å². The molecular formula is C14H15N5O. The Hall–Kier alpha value is -2.63. The Morgan fingerprint density at radius 3 is 2.85 bits per heavy atom. The smallest absolute Gasteiger partial charge is 0.293 e. The minimum Gasteiger partial charge on any atom is -0.336 e. The van der Waals surface area contributed by atoms with Gasteiger partial charge in [0.2, 0.25) is 0 Å². The molecule has 0 aliphatic rings. The van der Waals surface area contributed by atoms with Gasteiger partial charge in [0.25, 0.3) is 5.56 Å². The SMILES string of the molecule is Cc1nn(C)c2ccc(Nc3nccn(C)c3=O)cc12. The van der Waals surface area contributed by atoms with Gasteiger partial charge in [0.15, 0.2) is 5.82 Å². The van der Waals surface area contributed by atoms with E-state index in [1.54, 1.807) is 19.4 Å². The number of rotatable bonds is 2.